The molecule has 1 aromatic heterocycles. The van der Waals surface area contributed by atoms with Gasteiger partial charge in [0, 0.05) is 31.4 Å². The van der Waals surface area contributed by atoms with Crippen LogP contribution in [0.1, 0.15) is 5.76 Å². The van der Waals surface area contributed by atoms with E-state index in [0.717, 1.165) is 16.7 Å². The number of nitrogens with zero attached hydrogens (tertiary/aromatic N) is 1. The van der Waals surface area contributed by atoms with Gasteiger partial charge in [-0.15, -0.1) is 6.58 Å². The molecule has 1 heterocycles. The van der Waals surface area contributed by atoms with Gasteiger partial charge in [0.1, 0.15) is 11.3 Å². The molecule has 0 aliphatic carbocycles. The van der Waals surface area contributed by atoms with E-state index in [1.807, 2.05) is 30.3 Å². The van der Waals surface area contributed by atoms with Crippen molar-refractivity contribution in [1.29, 1.82) is 0 Å². The second kappa shape index (κ2) is 7.50. The summed E-state index contributed by atoms with van der Waals surface area (Å²) in [6, 6.07) is 9.58. The third-order valence-corrected chi connectivity index (χ3v) is 3.13. The lowest BCUT2D eigenvalue weighted by Crippen LogP contribution is -2.42. The normalized spacial score (nSPS) is 10.5. The zero-order valence-electron chi connectivity index (χ0n) is 11.9. The van der Waals surface area contributed by atoms with Crippen LogP contribution in [0.5, 0.6) is 0 Å². The number of para-hydroxylation sites is 1. The molecule has 0 saturated carbocycles. The van der Waals surface area contributed by atoms with Gasteiger partial charge in [0.15, 0.2) is 0 Å². The van der Waals surface area contributed by atoms with Crippen molar-refractivity contribution in [2.75, 3.05) is 26.2 Å². The highest BCUT2D eigenvalue weighted by Gasteiger charge is 2.11. The minimum Gasteiger partial charge on any atom is -0.461 e. The summed E-state index contributed by atoms with van der Waals surface area (Å²) in [4.78, 5) is 13.4. The summed E-state index contributed by atoms with van der Waals surface area (Å²) >= 11 is 0. The van der Waals surface area contributed by atoms with Gasteiger partial charge in [0.25, 0.3) is 0 Å². The van der Waals surface area contributed by atoms with Crippen molar-refractivity contribution in [3.8, 4) is 0 Å². The van der Waals surface area contributed by atoms with Gasteiger partial charge in [0.05, 0.1) is 6.61 Å². The van der Waals surface area contributed by atoms with E-state index in [1.54, 1.807) is 6.08 Å². The number of aliphatic hydroxyl groups is 1. The average Bonchev–Trinajstić information content (AvgIpc) is 2.89. The third kappa shape index (κ3) is 4.10. The second-order valence-electron chi connectivity index (χ2n) is 4.69. The Morgan fingerprint density at radius 3 is 2.95 bits per heavy atom. The van der Waals surface area contributed by atoms with Crippen LogP contribution in [0, 0.1) is 0 Å². The molecule has 5 nitrogen and oxygen atoms in total. The monoisotopic (exact) mass is 288 g/mol. The maximum Gasteiger partial charge on any atom is 0.317 e. The van der Waals surface area contributed by atoms with E-state index in [0.29, 0.717) is 26.1 Å². The molecule has 0 atom stereocenters. The Morgan fingerprint density at radius 1 is 1.43 bits per heavy atom. The molecule has 21 heavy (non-hydrogen) atoms. The van der Waals surface area contributed by atoms with Crippen LogP contribution in [-0.4, -0.2) is 42.3 Å². The topological polar surface area (TPSA) is 65.7 Å². The van der Waals surface area contributed by atoms with Crippen LogP contribution in [0.25, 0.3) is 11.0 Å². The minimum absolute atomic E-state index is 0.0646. The zero-order chi connectivity index (χ0) is 15.1. The minimum atomic E-state index is -0.208. The molecule has 0 aliphatic heterocycles. The van der Waals surface area contributed by atoms with Crippen LogP contribution in [0.15, 0.2) is 47.4 Å². The Balaban J connectivity index is 1.85. The number of hydrogen-bond donors (Lipinski definition) is 2. The maximum absolute atomic E-state index is 11.9. The summed E-state index contributed by atoms with van der Waals surface area (Å²) in [5.41, 5.74) is 0.854. The first-order valence-corrected chi connectivity index (χ1v) is 6.96. The van der Waals surface area contributed by atoms with Gasteiger partial charge in [0.2, 0.25) is 0 Å². The number of benzene rings is 1. The fourth-order valence-corrected chi connectivity index (χ4v) is 2.12. The quantitative estimate of drug-likeness (QED) is 0.767. The summed E-state index contributed by atoms with van der Waals surface area (Å²) < 4.78 is 5.68. The number of fused-ring (bicyclic) bond motifs is 1. The Morgan fingerprint density at radius 2 is 2.24 bits per heavy atom. The van der Waals surface area contributed by atoms with E-state index in [4.69, 9.17) is 9.52 Å². The largest absolute Gasteiger partial charge is 0.461 e. The summed E-state index contributed by atoms with van der Waals surface area (Å²) in [5.74, 6) is 0.842. The molecule has 0 saturated heterocycles. The molecule has 2 amide bonds. The third-order valence-electron chi connectivity index (χ3n) is 3.13. The highest BCUT2D eigenvalue weighted by molar-refractivity contribution is 5.77. The lowest BCUT2D eigenvalue weighted by Gasteiger charge is -2.20. The number of aliphatic hydroxyl groups excluding tert-OH is 1. The predicted molar refractivity (Wildman–Crippen MR) is 82.2 cm³/mol. The number of amides is 2. The fourth-order valence-electron chi connectivity index (χ4n) is 2.12. The van der Waals surface area contributed by atoms with E-state index >= 15 is 0 Å². The first-order valence-electron chi connectivity index (χ1n) is 6.96. The summed E-state index contributed by atoms with van der Waals surface area (Å²) in [6.45, 7) is 4.73. The van der Waals surface area contributed by atoms with Crippen LogP contribution in [-0.2, 0) is 6.42 Å². The van der Waals surface area contributed by atoms with E-state index in [9.17, 15) is 4.79 Å². The van der Waals surface area contributed by atoms with Gasteiger partial charge in [-0.05, 0) is 12.1 Å². The number of urea groups is 1. The number of carbonyl (C=O) groups is 1. The van der Waals surface area contributed by atoms with Crippen LogP contribution >= 0.6 is 0 Å². The summed E-state index contributed by atoms with van der Waals surface area (Å²) in [6.07, 6.45) is 2.26. The maximum atomic E-state index is 11.9. The van der Waals surface area contributed by atoms with Gasteiger partial charge in [-0.25, -0.2) is 4.79 Å². The molecular formula is C16H20N2O3. The van der Waals surface area contributed by atoms with Crippen molar-refractivity contribution in [1.82, 2.24) is 10.2 Å². The molecule has 1 aromatic carbocycles. The van der Waals surface area contributed by atoms with Crippen molar-refractivity contribution < 1.29 is 14.3 Å². The van der Waals surface area contributed by atoms with Gasteiger partial charge >= 0.3 is 6.03 Å². The molecule has 0 fully saturated rings. The standard InChI is InChI=1S/C16H20N2O3/c1-2-9-18(10-11-19)16(20)17-8-7-14-12-13-5-3-4-6-15(13)21-14/h2-6,12,19H,1,7-11H2,(H,17,20). The Labute approximate surface area is 123 Å². The first kappa shape index (κ1) is 15.1. The van der Waals surface area contributed by atoms with Crippen molar-refractivity contribution in [3.63, 3.8) is 0 Å². The summed E-state index contributed by atoms with van der Waals surface area (Å²) in [7, 11) is 0. The number of hydrogen-bond acceptors (Lipinski definition) is 3. The SMILES string of the molecule is C=CCN(CCO)C(=O)NCCc1cc2ccccc2o1. The van der Waals surface area contributed by atoms with Gasteiger partial charge in [-0.2, -0.15) is 0 Å². The molecular weight excluding hydrogens is 268 g/mol. The first-order chi connectivity index (χ1) is 10.2. The Hall–Kier alpha value is -2.27. The van der Waals surface area contributed by atoms with Gasteiger partial charge in [-0.3, -0.25) is 0 Å². The molecule has 0 unspecified atom stereocenters. The Kier molecular flexibility index (Phi) is 5.40. The molecule has 0 radical (unpaired) electrons. The molecule has 0 spiro atoms. The van der Waals surface area contributed by atoms with E-state index in [2.05, 4.69) is 11.9 Å². The number of furan rings is 1. The smallest absolute Gasteiger partial charge is 0.317 e. The molecule has 0 bridgehead atoms. The van der Waals surface area contributed by atoms with Gasteiger partial charge in [-0.1, -0.05) is 24.3 Å². The number of rotatable bonds is 7. The number of nitrogens with one attached hydrogen (secondary N) is 1. The predicted octanol–water partition coefficient (Wildman–Crippen LogP) is 2.17. The fraction of sp³-hybridized carbons (Fsp3) is 0.312. The van der Waals surface area contributed by atoms with Crippen molar-refractivity contribution in [2.24, 2.45) is 0 Å². The van der Waals surface area contributed by atoms with E-state index < -0.39 is 0 Å². The molecule has 2 aromatic rings. The second-order valence-corrected chi connectivity index (χ2v) is 4.69. The molecule has 5 heteroatoms. The Bertz CT molecular complexity index is 573. The van der Waals surface area contributed by atoms with Crippen LogP contribution in [0.4, 0.5) is 4.79 Å². The van der Waals surface area contributed by atoms with Gasteiger partial charge < -0.3 is 19.7 Å². The van der Waals surface area contributed by atoms with Crippen molar-refractivity contribution in [3.05, 3.63) is 48.7 Å². The molecule has 2 rings (SSSR count). The van der Waals surface area contributed by atoms with Crippen LogP contribution in [0.2, 0.25) is 0 Å². The highest BCUT2D eigenvalue weighted by Crippen LogP contribution is 2.18. The zero-order valence-corrected chi connectivity index (χ0v) is 11.9. The number of carbonyl (C=O) groups excluding carboxylic acids is 1. The lowest BCUT2D eigenvalue weighted by molar-refractivity contribution is 0.184. The van der Waals surface area contributed by atoms with E-state index in [-0.39, 0.29) is 12.6 Å². The molecule has 112 valence electrons. The van der Waals surface area contributed by atoms with Crippen LogP contribution < -0.4 is 5.32 Å². The summed E-state index contributed by atoms with van der Waals surface area (Å²) in [5, 5.41) is 12.8. The van der Waals surface area contributed by atoms with Crippen LogP contribution in [0.3, 0.4) is 0 Å². The van der Waals surface area contributed by atoms with Crippen molar-refractivity contribution >= 4 is 17.0 Å². The lowest BCUT2D eigenvalue weighted by atomic mass is 10.2. The molecule has 0 aliphatic rings. The average molecular weight is 288 g/mol. The van der Waals surface area contributed by atoms with E-state index in [1.165, 1.54) is 4.90 Å². The molecule has 2 N–H and O–H groups in total. The highest BCUT2D eigenvalue weighted by atomic mass is 16.3. The van der Waals surface area contributed by atoms with Crippen molar-refractivity contribution in [2.45, 2.75) is 6.42 Å².